The van der Waals surface area contributed by atoms with Crippen LogP contribution in [0.25, 0.3) is 5.69 Å². The first kappa shape index (κ1) is 11.5. The summed E-state index contributed by atoms with van der Waals surface area (Å²) in [6, 6.07) is 9.83. The molecule has 2 rings (SSSR count). The molecule has 0 aliphatic carbocycles. The van der Waals surface area contributed by atoms with Crippen LogP contribution in [0.1, 0.15) is 19.4 Å². The number of ether oxygens (including phenoxy) is 1. The van der Waals surface area contributed by atoms with Gasteiger partial charge >= 0.3 is 0 Å². The minimum absolute atomic E-state index is 0.595. The van der Waals surface area contributed by atoms with Crippen LogP contribution in [0.15, 0.2) is 30.3 Å². The summed E-state index contributed by atoms with van der Waals surface area (Å²) in [6.45, 7) is 4.58. The molecule has 0 radical (unpaired) electrons. The third-order valence-corrected chi connectivity index (χ3v) is 2.62. The van der Waals surface area contributed by atoms with E-state index in [9.17, 15) is 0 Å². The Hall–Kier alpha value is -1.97. The van der Waals surface area contributed by atoms with Crippen LogP contribution < -0.4 is 10.5 Å². The van der Waals surface area contributed by atoms with Crippen molar-refractivity contribution in [2.75, 3.05) is 12.3 Å². The van der Waals surface area contributed by atoms with E-state index in [2.05, 4.69) is 5.10 Å². The molecule has 0 aliphatic rings. The molecule has 1 aromatic heterocycles. The van der Waals surface area contributed by atoms with Crippen molar-refractivity contribution in [3.8, 4) is 11.6 Å². The molecule has 0 saturated heterocycles. The van der Waals surface area contributed by atoms with Gasteiger partial charge in [0.1, 0.15) is 5.82 Å². The summed E-state index contributed by atoms with van der Waals surface area (Å²) in [5.74, 6) is 1.29. The minimum atomic E-state index is 0.595. The van der Waals surface area contributed by atoms with E-state index in [0.717, 1.165) is 17.7 Å². The number of nitrogens with zero attached hydrogens (tertiary/aromatic N) is 2. The lowest BCUT2D eigenvalue weighted by Gasteiger charge is -2.02. The van der Waals surface area contributed by atoms with Gasteiger partial charge in [0.25, 0.3) is 0 Å². The molecule has 90 valence electrons. The zero-order valence-corrected chi connectivity index (χ0v) is 10.2. The van der Waals surface area contributed by atoms with Gasteiger partial charge in [-0.25, -0.2) is 4.68 Å². The zero-order chi connectivity index (χ0) is 12.3. The highest BCUT2D eigenvalue weighted by atomic mass is 16.5. The number of para-hydroxylation sites is 1. The first-order valence-electron chi connectivity index (χ1n) is 5.83. The van der Waals surface area contributed by atoms with E-state index in [1.165, 1.54) is 0 Å². The molecule has 0 spiro atoms. The van der Waals surface area contributed by atoms with Gasteiger partial charge in [-0.1, -0.05) is 25.1 Å². The van der Waals surface area contributed by atoms with Gasteiger partial charge in [0.2, 0.25) is 5.88 Å². The van der Waals surface area contributed by atoms with Gasteiger partial charge in [-0.05, 0) is 25.5 Å². The van der Waals surface area contributed by atoms with Gasteiger partial charge in [-0.2, -0.15) is 0 Å². The maximum Gasteiger partial charge on any atom is 0.238 e. The first-order chi connectivity index (χ1) is 8.27. The summed E-state index contributed by atoms with van der Waals surface area (Å²) < 4.78 is 7.22. The molecule has 0 bridgehead atoms. The molecule has 0 saturated carbocycles. The van der Waals surface area contributed by atoms with Crippen molar-refractivity contribution in [2.45, 2.75) is 20.3 Å². The minimum Gasteiger partial charge on any atom is -0.477 e. The highest BCUT2D eigenvalue weighted by Crippen LogP contribution is 2.26. The standard InChI is InChI=1S/C13H17N3O/c1-3-11-12(14)16(15-13(11)17-4-2)10-8-6-5-7-9-10/h5-9H,3-4,14H2,1-2H3. The molecular formula is C13H17N3O. The number of nitrogen functional groups attached to an aromatic ring is 1. The highest BCUT2D eigenvalue weighted by Gasteiger charge is 2.15. The Morgan fingerprint density at radius 1 is 1.24 bits per heavy atom. The Balaban J connectivity index is 2.49. The lowest BCUT2D eigenvalue weighted by molar-refractivity contribution is 0.321. The van der Waals surface area contributed by atoms with Gasteiger partial charge in [-0.3, -0.25) is 0 Å². The average molecular weight is 231 g/mol. The number of benzene rings is 1. The number of anilines is 1. The Morgan fingerprint density at radius 3 is 2.53 bits per heavy atom. The largest absolute Gasteiger partial charge is 0.477 e. The molecule has 4 nitrogen and oxygen atoms in total. The molecule has 0 amide bonds. The highest BCUT2D eigenvalue weighted by molar-refractivity contribution is 5.52. The summed E-state index contributed by atoms with van der Waals surface area (Å²) in [6.07, 6.45) is 0.813. The second-order valence-corrected chi connectivity index (χ2v) is 3.70. The Labute approximate surface area is 101 Å². The summed E-state index contributed by atoms with van der Waals surface area (Å²) in [5.41, 5.74) is 8.02. The van der Waals surface area contributed by atoms with Gasteiger partial charge in [-0.15, -0.1) is 5.10 Å². The number of rotatable bonds is 4. The van der Waals surface area contributed by atoms with Crippen molar-refractivity contribution >= 4 is 5.82 Å². The number of nitrogens with two attached hydrogens (primary N) is 1. The van der Waals surface area contributed by atoms with Crippen molar-refractivity contribution in [2.24, 2.45) is 0 Å². The van der Waals surface area contributed by atoms with Crippen LogP contribution >= 0.6 is 0 Å². The molecular weight excluding hydrogens is 214 g/mol. The maximum absolute atomic E-state index is 6.10. The quantitative estimate of drug-likeness (QED) is 0.879. The van der Waals surface area contributed by atoms with E-state index in [4.69, 9.17) is 10.5 Å². The van der Waals surface area contributed by atoms with Crippen LogP contribution in [0.3, 0.4) is 0 Å². The van der Waals surface area contributed by atoms with E-state index < -0.39 is 0 Å². The van der Waals surface area contributed by atoms with Crippen LogP contribution in [0, 0.1) is 0 Å². The molecule has 2 aromatic rings. The fraction of sp³-hybridized carbons (Fsp3) is 0.308. The van der Waals surface area contributed by atoms with Gasteiger partial charge in [0.15, 0.2) is 0 Å². The summed E-state index contributed by atoms with van der Waals surface area (Å²) >= 11 is 0. The second-order valence-electron chi connectivity index (χ2n) is 3.70. The summed E-state index contributed by atoms with van der Waals surface area (Å²) in [7, 11) is 0. The van der Waals surface area contributed by atoms with E-state index in [-0.39, 0.29) is 0 Å². The van der Waals surface area contributed by atoms with Crippen LogP contribution in [0.5, 0.6) is 5.88 Å². The molecule has 1 heterocycles. The Bertz CT molecular complexity index is 491. The van der Waals surface area contributed by atoms with E-state index in [0.29, 0.717) is 18.3 Å². The van der Waals surface area contributed by atoms with E-state index in [1.807, 2.05) is 44.2 Å². The van der Waals surface area contributed by atoms with Crippen molar-refractivity contribution in [1.82, 2.24) is 9.78 Å². The SMILES string of the molecule is CCOc1nn(-c2ccccc2)c(N)c1CC. The summed E-state index contributed by atoms with van der Waals surface area (Å²) in [5, 5.41) is 4.41. The molecule has 1 aromatic carbocycles. The number of hydrogen-bond acceptors (Lipinski definition) is 3. The predicted molar refractivity (Wildman–Crippen MR) is 68.5 cm³/mol. The number of aromatic nitrogens is 2. The lowest BCUT2D eigenvalue weighted by Crippen LogP contribution is -2.02. The van der Waals surface area contributed by atoms with Crippen LogP contribution in [0.2, 0.25) is 0 Å². The molecule has 0 atom stereocenters. The van der Waals surface area contributed by atoms with Crippen molar-refractivity contribution < 1.29 is 4.74 Å². The molecule has 17 heavy (non-hydrogen) atoms. The zero-order valence-electron chi connectivity index (χ0n) is 10.2. The first-order valence-corrected chi connectivity index (χ1v) is 5.83. The number of hydrogen-bond donors (Lipinski definition) is 1. The maximum atomic E-state index is 6.10. The van der Waals surface area contributed by atoms with Crippen LogP contribution in [-0.4, -0.2) is 16.4 Å². The van der Waals surface area contributed by atoms with Gasteiger partial charge in [0.05, 0.1) is 17.9 Å². The predicted octanol–water partition coefficient (Wildman–Crippen LogP) is 2.42. The fourth-order valence-corrected chi connectivity index (χ4v) is 1.79. The molecule has 0 aliphatic heterocycles. The smallest absolute Gasteiger partial charge is 0.238 e. The second kappa shape index (κ2) is 4.91. The van der Waals surface area contributed by atoms with Crippen LogP contribution in [0.4, 0.5) is 5.82 Å². The van der Waals surface area contributed by atoms with Crippen LogP contribution in [-0.2, 0) is 6.42 Å². The van der Waals surface area contributed by atoms with Gasteiger partial charge < -0.3 is 10.5 Å². The Kier molecular flexibility index (Phi) is 3.32. The third kappa shape index (κ3) is 2.11. The lowest BCUT2D eigenvalue weighted by atomic mass is 10.2. The van der Waals surface area contributed by atoms with Crippen molar-refractivity contribution in [1.29, 1.82) is 0 Å². The average Bonchev–Trinajstić information content (AvgIpc) is 2.67. The monoisotopic (exact) mass is 231 g/mol. The molecule has 4 heteroatoms. The van der Waals surface area contributed by atoms with E-state index >= 15 is 0 Å². The topological polar surface area (TPSA) is 53.1 Å². The van der Waals surface area contributed by atoms with E-state index in [1.54, 1.807) is 4.68 Å². The normalized spacial score (nSPS) is 10.5. The molecule has 2 N–H and O–H groups in total. The summed E-state index contributed by atoms with van der Waals surface area (Å²) in [4.78, 5) is 0. The fourth-order valence-electron chi connectivity index (χ4n) is 1.79. The third-order valence-electron chi connectivity index (χ3n) is 2.62. The van der Waals surface area contributed by atoms with Crippen molar-refractivity contribution in [3.05, 3.63) is 35.9 Å². The molecule has 0 unspecified atom stereocenters. The Morgan fingerprint density at radius 2 is 1.94 bits per heavy atom. The molecule has 0 fully saturated rings. The van der Waals surface area contributed by atoms with Gasteiger partial charge in [0, 0.05) is 0 Å². The van der Waals surface area contributed by atoms with Crippen molar-refractivity contribution in [3.63, 3.8) is 0 Å².